The van der Waals surface area contributed by atoms with E-state index in [1.165, 1.54) is 11.3 Å². The SMILES string of the molecule is O=C(NCc1ccncc1)N[C@@H](Cc1ccccc1)C(=O)Nc1ccc2sc(C(=O)NO)cc2c1. The summed E-state index contributed by atoms with van der Waals surface area (Å²) in [6.45, 7) is 0.298. The minimum atomic E-state index is -0.830. The number of anilines is 1. The molecule has 2 aromatic heterocycles. The van der Waals surface area contributed by atoms with Crippen LogP contribution in [-0.2, 0) is 17.8 Å². The highest BCUT2D eigenvalue weighted by atomic mass is 32.1. The van der Waals surface area contributed by atoms with Crippen LogP contribution in [0.2, 0.25) is 0 Å². The lowest BCUT2D eigenvalue weighted by atomic mass is 10.1. The summed E-state index contributed by atoms with van der Waals surface area (Å²) in [5.41, 5.74) is 3.92. The van der Waals surface area contributed by atoms with Crippen molar-refractivity contribution >= 4 is 45.0 Å². The van der Waals surface area contributed by atoms with Gasteiger partial charge in [0.25, 0.3) is 5.91 Å². The van der Waals surface area contributed by atoms with Crippen LogP contribution < -0.4 is 21.4 Å². The zero-order valence-corrected chi connectivity index (χ0v) is 19.3. The lowest BCUT2D eigenvalue weighted by Gasteiger charge is -2.19. The number of carbonyl (C=O) groups is 3. The van der Waals surface area contributed by atoms with Gasteiger partial charge < -0.3 is 16.0 Å². The number of carbonyl (C=O) groups excluding carboxylic acids is 3. The van der Waals surface area contributed by atoms with Crippen LogP contribution in [0.4, 0.5) is 10.5 Å². The van der Waals surface area contributed by atoms with E-state index in [0.717, 1.165) is 21.2 Å². The smallest absolute Gasteiger partial charge is 0.315 e. The normalized spacial score (nSPS) is 11.5. The average molecular weight is 490 g/mol. The highest BCUT2D eigenvalue weighted by Crippen LogP contribution is 2.28. The minimum absolute atomic E-state index is 0.298. The molecule has 0 saturated heterocycles. The number of fused-ring (bicyclic) bond motifs is 1. The lowest BCUT2D eigenvalue weighted by molar-refractivity contribution is -0.117. The second-order valence-corrected chi connectivity index (χ2v) is 8.80. The maximum Gasteiger partial charge on any atom is 0.315 e. The van der Waals surface area contributed by atoms with Gasteiger partial charge in [-0.3, -0.25) is 19.8 Å². The van der Waals surface area contributed by atoms with Crippen LogP contribution >= 0.6 is 11.3 Å². The van der Waals surface area contributed by atoms with Gasteiger partial charge in [0.15, 0.2) is 0 Å². The van der Waals surface area contributed by atoms with Crippen molar-refractivity contribution in [3.8, 4) is 0 Å². The number of benzene rings is 2. The fourth-order valence-electron chi connectivity index (χ4n) is 3.47. The Balaban J connectivity index is 1.47. The van der Waals surface area contributed by atoms with Gasteiger partial charge in [0.1, 0.15) is 6.04 Å². The first-order valence-corrected chi connectivity index (χ1v) is 11.6. The van der Waals surface area contributed by atoms with Gasteiger partial charge in [-0.15, -0.1) is 11.3 Å². The second kappa shape index (κ2) is 11.2. The fraction of sp³-hybridized carbons (Fsp3) is 0.120. The third-order valence-corrected chi connectivity index (χ3v) is 6.33. The number of hydroxylamine groups is 1. The zero-order chi connectivity index (χ0) is 24.6. The van der Waals surface area contributed by atoms with E-state index in [-0.39, 0.29) is 5.91 Å². The molecule has 0 aliphatic heterocycles. The Labute approximate surface area is 205 Å². The van der Waals surface area contributed by atoms with Crippen LogP contribution in [0.1, 0.15) is 20.8 Å². The third-order valence-electron chi connectivity index (χ3n) is 5.22. The Bertz CT molecular complexity index is 1330. The van der Waals surface area contributed by atoms with Crippen molar-refractivity contribution in [2.45, 2.75) is 19.0 Å². The lowest BCUT2D eigenvalue weighted by Crippen LogP contribution is -2.49. The van der Waals surface area contributed by atoms with Crippen LogP contribution in [0, 0.1) is 0 Å². The van der Waals surface area contributed by atoms with E-state index in [9.17, 15) is 14.4 Å². The van der Waals surface area contributed by atoms with Crippen molar-refractivity contribution in [1.29, 1.82) is 0 Å². The van der Waals surface area contributed by atoms with E-state index in [1.54, 1.807) is 54.3 Å². The molecule has 0 spiro atoms. The topological polar surface area (TPSA) is 132 Å². The molecule has 4 rings (SSSR count). The Hall–Kier alpha value is -4.28. The molecule has 2 aromatic carbocycles. The largest absolute Gasteiger partial charge is 0.334 e. The number of hydrogen-bond acceptors (Lipinski definition) is 6. The summed E-state index contributed by atoms with van der Waals surface area (Å²) in [5.74, 6) is -0.975. The number of aromatic nitrogens is 1. The summed E-state index contributed by atoms with van der Waals surface area (Å²) < 4.78 is 0.830. The quantitative estimate of drug-likeness (QED) is 0.191. The molecule has 1 atom stereocenters. The molecule has 9 nitrogen and oxygen atoms in total. The number of pyridine rings is 1. The van der Waals surface area contributed by atoms with Crippen LogP contribution in [0.25, 0.3) is 10.1 Å². The molecule has 4 aromatic rings. The number of hydrogen-bond donors (Lipinski definition) is 5. The number of amides is 4. The van der Waals surface area contributed by atoms with E-state index in [0.29, 0.717) is 23.5 Å². The van der Waals surface area contributed by atoms with E-state index >= 15 is 0 Å². The summed E-state index contributed by atoms with van der Waals surface area (Å²) in [6.07, 6.45) is 3.59. The highest BCUT2D eigenvalue weighted by molar-refractivity contribution is 7.20. The maximum atomic E-state index is 13.2. The molecule has 0 bridgehead atoms. The van der Waals surface area contributed by atoms with Crippen molar-refractivity contribution in [2.24, 2.45) is 0 Å². The van der Waals surface area contributed by atoms with Crippen LogP contribution in [0.5, 0.6) is 0 Å². The van der Waals surface area contributed by atoms with E-state index in [2.05, 4.69) is 20.9 Å². The summed E-state index contributed by atoms with van der Waals surface area (Å²) in [7, 11) is 0. The molecule has 0 radical (unpaired) electrons. The molecule has 35 heavy (non-hydrogen) atoms. The Morgan fingerprint density at radius 3 is 2.46 bits per heavy atom. The molecule has 2 heterocycles. The average Bonchev–Trinajstić information content (AvgIpc) is 3.31. The molecule has 0 fully saturated rings. The van der Waals surface area contributed by atoms with Gasteiger partial charge in [0.05, 0.1) is 4.88 Å². The molecule has 0 aliphatic rings. The molecule has 0 aliphatic carbocycles. The van der Waals surface area contributed by atoms with E-state index in [1.807, 2.05) is 30.3 Å². The molecule has 5 N–H and O–H groups in total. The summed E-state index contributed by atoms with van der Waals surface area (Å²) in [4.78, 5) is 41.7. The van der Waals surface area contributed by atoms with Gasteiger partial charge in [-0.2, -0.15) is 0 Å². The van der Waals surface area contributed by atoms with E-state index < -0.39 is 18.0 Å². The Kier molecular flexibility index (Phi) is 7.66. The summed E-state index contributed by atoms with van der Waals surface area (Å²) in [6, 6.07) is 18.6. The Morgan fingerprint density at radius 1 is 0.943 bits per heavy atom. The van der Waals surface area contributed by atoms with Gasteiger partial charge in [-0.05, 0) is 52.9 Å². The molecule has 10 heteroatoms. The number of nitrogens with one attached hydrogen (secondary N) is 4. The summed E-state index contributed by atoms with van der Waals surface area (Å²) >= 11 is 1.22. The van der Waals surface area contributed by atoms with Crippen molar-refractivity contribution in [1.82, 2.24) is 21.1 Å². The van der Waals surface area contributed by atoms with Crippen molar-refractivity contribution in [3.05, 3.63) is 95.1 Å². The Morgan fingerprint density at radius 2 is 1.71 bits per heavy atom. The van der Waals surface area contributed by atoms with Gasteiger partial charge in [0.2, 0.25) is 5.91 Å². The number of rotatable bonds is 8. The third kappa shape index (κ3) is 6.40. The first-order valence-electron chi connectivity index (χ1n) is 10.8. The molecular weight excluding hydrogens is 466 g/mol. The van der Waals surface area contributed by atoms with Crippen LogP contribution in [-0.4, -0.2) is 34.1 Å². The zero-order valence-electron chi connectivity index (χ0n) is 18.5. The van der Waals surface area contributed by atoms with Crippen molar-refractivity contribution in [3.63, 3.8) is 0 Å². The van der Waals surface area contributed by atoms with Crippen LogP contribution in [0.15, 0.2) is 79.1 Å². The van der Waals surface area contributed by atoms with E-state index in [4.69, 9.17) is 5.21 Å². The van der Waals surface area contributed by atoms with Gasteiger partial charge in [-0.25, -0.2) is 10.3 Å². The molecule has 0 unspecified atom stereocenters. The van der Waals surface area contributed by atoms with Crippen molar-refractivity contribution in [2.75, 3.05) is 5.32 Å². The van der Waals surface area contributed by atoms with Gasteiger partial charge in [-0.1, -0.05) is 30.3 Å². The molecular formula is C25H23N5O4S. The van der Waals surface area contributed by atoms with Gasteiger partial charge in [0, 0.05) is 35.7 Å². The molecule has 4 amide bonds. The number of thiophene rings is 1. The van der Waals surface area contributed by atoms with Crippen molar-refractivity contribution < 1.29 is 19.6 Å². The minimum Gasteiger partial charge on any atom is -0.334 e. The first-order chi connectivity index (χ1) is 17.0. The van der Waals surface area contributed by atoms with Crippen LogP contribution in [0.3, 0.4) is 0 Å². The molecule has 0 saturated carbocycles. The fourth-order valence-corrected chi connectivity index (χ4v) is 4.40. The number of nitrogens with zero attached hydrogens (tertiary/aromatic N) is 1. The number of urea groups is 1. The molecule has 178 valence electrons. The second-order valence-electron chi connectivity index (χ2n) is 7.72. The summed E-state index contributed by atoms with van der Waals surface area (Å²) in [5, 5.41) is 18.0. The maximum absolute atomic E-state index is 13.2. The predicted molar refractivity (Wildman–Crippen MR) is 133 cm³/mol. The monoisotopic (exact) mass is 489 g/mol. The predicted octanol–water partition coefficient (Wildman–Crippen LogP) is 3.46. The highest BCUT2D eigenvalue weighted by Gasteiger charge is 2.22. The standard InChI is InChI=1S/C25H23N5O4S/c31-23(28-19-6-7-21-18(13-19)14-22(35-21)24(32)30-34)20(12-16-4-2-1-3-5-16)29-25(33)27-15-17-8-10-26-11-9-17/h1-11,13-14,20,34H,12,15H2,(H,28,31)(H,30,32)(H2,27,29,33)/t20-/m0/s1. The van der Waals surface area contributed by atoms with Gasteiger partial charge >= 0.3 is 6.03 Å². The first kappa shape index (κ1) is 23.9.